The van der Waals surface area contributed by atoms with Gasteiger partial charge in [0.2, 0.25) is 18.7 Å². The molecule has 0 aliphatic carbocycles. The van der Waals surface area contributed by atoms with E-state index in [2.05, 4.69) is 28.7 Å². The van der Waals surface area contributed by atoms with Gasteiger partial charge in [-0.05, 0) is 85.8 Å². The molecule has 0 unspecified atom stereocenters. The van der Waals surface area contributed by atoms with Gasteiger partial charge in [-0.2, -0.15) is 5.10 Å². The third kappa shape index (κ3) is 9.87. The Hall–Kier alpha value is -6.80. The molecule has 0 amide bonds. The highest BCUT2D eigenvalue weighted by atomic mass is 32.1. The molecule has 5 aromatic rings. The molecule has 0 fully saturated rings. The van der Waals surface area contributed by atoms with Gasteiger partial charge in [0.25, 0.3) is 0 Å². The molecule has 0 spiro atoms. The number of anilines is 1. The number of benzene rings is 4. The second kappa shape index (κ2) is 17.0. The number of fused-ring (bicyclic) bond motifs is 1. The van der Waals surface area contributed by atoms with Crippen LogP contribution in [0.1, 0.15) is 33.2 Å². The van der Waals surface area contributed by atoms with Crippen LogP contribution in [0.5, 0.6) is 23.0 Å². The largest absolute Gasteiger partial charge is 0.457 e. The summed E-state index contributed by atoms with van der Waals surface area (Å²) >= 11 is 1.41. The summed E-state index contributed by atoms with van der Waals surface area (Å²) in [4.78, 5) is 53.1. The molecular formula is C37H29N3O10S. The van der Waals surface area contributed by atoms with E-state index in [1.807, 2.05) is 24.3 Å². The minimum absolute atomic E-state index is 0.141. The quantitative estimate of drug-likeness (QED) is 0.0307. The number of nitrogens with zero attached hydrogens (tertiary/aromatic N) is 2. The van der Waals surface area contributed by atoms with E-state index in [0.29, 0.717) is 27.9 Å². The highest BCUT2D eigenvalue weighted by Gasteiger charge is 2.18. The van der Waals surface area contributed by atoms with Crippen molar-refractivity contribution >= 4 is 56.3 Å². The van der Waals surface area contributed by atoms with Gasteiger partial charge in [-0.25, -0.2) is 24.2 Å². The van der Waals surface area contributed by atoms with Gasteiger partial charge >= 0.3 is 23.9 Å². The number of para-hydroxylation sites is 1. The zero-order valence-electron chi connectivity index (χ0n) is 27.0. The summed E-state index contributed by atoms with van der Waals surface area (Å²) in [6, 6.07) is 24.2. The van der Waals surface area contributed by atoms with Crippen molar-refractivity contribution in [3.8, 4) is 23.0 Å². The van der Waals surface area contributed by atoms with Gasteiger partial charge in [0.15, 0.2) is 0 Å². The van der Waals surface area contributed by atoms with E-state index in [9.17, 15) is 19.2 Å². The Labute approximate surface area is 295 Å². The van der Waals surface area contributed by atoms with E-state index in [-0.39, 0.29) is 36.2 Å². The maximum atomic E-state index is 13.2. The summed E-state index contributed by atoms with van der Waals surface area (Å²) in [6.45, 7) is 7.66. The van der Waals surface area contributed by atoms with Crippen LogP contribution in [0, 0.1) is 0 Å². The van der Waals surface area contributed by atoms with Gasteiger partial charge in [0.1, 0.15) is 23.0 Å². The summed E-state index contributed by atoms with van der Waals surface area (Å²) in [5, 5.41) is 5.01. The predicted molar refractivity (Wildman–Crippen MR) is 188 cm³/mol. The lowest BCUT2D eigenvalue weighted by Gasteiger charge is -2.13. The molecule has 0 atom stereocenters. The number of carbonyl (C=O) groups is 4. The molecule has 51 heavy (non-hydrogen) atoms. The Balaban J connectivity index is 1.32. The molecule has 14 heteroatoms. The maximum absolute atomic E-state index is 13.2. The SMILES string of the molecule is C=CC(=O)OCOc1ccc(C(=O)Oc2ccc(OC(=O)c3ccc(OCOC(=O)C=C)cc3)c(/C(C)=N/Nc3nc4ccccc4s3)c2)cc1. The number of thiazole rings is 1. The molecule has 1 N–H and O–H groups in total. The van der Waals surface area contributed by atoms with E-state index >= 15 is 0 Å². The molecule has 0 saturated carbocycles. The van der Waals surface area contributed by atoms with Crippen LogP contribution in [0.4, 0.5) is 5.13 Å². The second-order valence-corrected chi connectivity index (χ2v) is 11.2. The maximum Gasteiger partial charge on any atom is 0.343 e. The van der Waals surface area contributed by atoms with Crippen molar-refractivity contribution in [3.63, 3.8) is 0 Å². The van der Waals surface area contributed by atoms with Crippen LogP contribution in [-0.4, -0.2) is 48.2 Å². The van der Waals surface area contributed by atoms with Crippen LogP contribution >= 0.6 is 11.3 Å². The fourth-order valence-electron chi connectivity index (χ4n) is 4.18. The van der Waals surface area contributed by atoms with Gasteiger partial charge in [-0.15, -0.1) is 0 Å². The van der Waals surface area contributed by atoms with Gasteiger partial charge in [0.05, 0.1) is 27.1 Å². The predicted octanol–water partition coefficient (Wildman–Crippen LogP) is 6.70. The van der Waals surface area contributed by atoms with E-state index in [0.717, 1.165) is 22.4 Å². The van der Waals surface area contributed by atoms with Crippen LogP contribution in [0.15, 0.2) is 121 Å². The van der Waals surface area contributed by atoms with Crippen molar-refractivity contribution in [2.75, 3.05) is 19.0 Å². The number of rotatable bonds is 15. The summed E-state index contributed by atoms with van der Waals surface area (Å²) in [6.07, 6.45) is 2.03. The van der Waals surface area contributed by atoms with Crippen LogP contribution in [0.2, 0.25) is 0 Å². The number of aromatic nitrogens is 1. The molecule has 0 aliphatic heterocycles. The first-order valence-corrected chi connectivity index (χ1v) is 15.8. The molecular weight excluding hydrogens is 678 g/mol. The first-order chi connectivity index (χ1) is 24.7. The zero-order valence-corrected chi connectivity index (χ0v) is 27.8. The summed E-state index contributed by atoms with van der Waals surface area (Å²) in [5.74, 6) is -1.60. The molecule has 5 rings (SSSR count). The lowest BCUT2D eigenvalue weighted by atomic mass is 10.1. The molecule has 0 bridgehead atoms. The zero-order chi connectivity index (χ0) is 36.2. The number of carbonyl (C=O) groups excluding carboxylic acids is 4. The van der Waals surface area contributed by atoms with E-state index in [1.165, 1.54) is 78.1 Å². The lowest BCUT2D eigenvalue weighted by molar-refractivity contribution is -0.145. The standard InChI is InChI=1S/C37H29N3O10S/c1-4-33(41)47-21-45-26-14-10-24(11-15-26)35(43)49-28-18-19-31(50-36(44)25-12-16-27(17-13-25)46-22-48-34(42)5-2)29(20-28)23(3)39-40-37-38-30-8-6-7-9-32(30)51-37/h4-20H,1-2,21-22H2,3H3,(H,38,40)/b39-23+. The van der Waals surface area contributed by atoms with Crippen molar-refractivity contribution in [3.05, 3.63) is 133 Å². The highest BCUT2D eigenvalue weighted by molar-refractivity contribution is 7.22. The first-order valence-electron chi connectivity index (χ1n) is 15.0. The Kier molecular flexibility index (Phi) is 11.9. The fourth-order valence-corrected chi connectivity index (χ4v) is 4.99. The smallest absolute Gasteiger partial charge is 0.343 e. The Bertz CT molecular complexity index is 2070. The summed E-state index contributed by atoms with van der Waals surface area (Å²) in [7, 11) is 0. The van der Waals surface area contributed by atoms with Gasteiger partial charge < -0.3 is 28.4 Å². The Morgan fingerprint density at radius 1 is 0.745 bits per heavy atom. The van der Waals surface area contributed by atoms with Crippen LogP contribution in [0.3, 0.4) is 0 Å². The van der Waals surface area contributed by atoms with Gasteiger partial charge in [-0.1, -0.05) is 36.6 Å². The molecule has 13 nitrogen and oxygen atoms in total. The van der Waals surface area contributed by atoms with Crippen molar-refractivity contribution in [1.29, 1.82) is 0 Å². The van der Waals surface area contributed by atoms with Gasteiger partial charge in [0, 0.05) is 17.7 Å². The first kappa shape index (κ1) is 35.5. The number of hydrogen-bond acceptors (Lipinski definition) is 14. The normalized spacial score (nSPS) is 10.8. The molecule has 0 aliphatic rings. The molecule has 4 aromatic carbocycles. The third-order valence-corrected chi connectivity index (χ3v) is 7.68. The molecule has 1 heterocycles. The number of hydrogen-bond donors (Lipinski definition) is 1. The number of nitrogens with one attached hydrogen (secondary N) is 1. The number of hydrazone groups is 1. The molecule has 0 radical (unpaired) electrons. The van der Waals surface area contributed by atoms with Crippen LogP contribution in [-0.2, 0) is 19.1 Å². The minimum atomic E-state index is -0.681. The van der Waals surface area contributed by atoms with Crippen molar-refractivity contribution < 1.29 is 47.6 Å². The number of ether oxygens (including phenoxy) is 6. The minimum Gasteiger partial charge on any atom is -0.457 e. The Morgan fingerprint density at radius 2 is 1.29 bits per heavy atom. The average molecular weight is 708 g/mol. The summed E-state index contributed by atoms with van der Waals surface area (Å²) in [5.41, 5.74) is 4.93. The van der Waals surface area contributed by atoms with E-state index in [1.54, 1.807) is 6.92 Å². The molecule has 258 valence electrons. The third-order valence-electron chi connectivity index (χ3n) is 6.73. The monoisotopic (exact) mass is 707 g/mol. The van der Waals surface area contributed by atoms with Crippen molar-refractivity contribution in [1.82, 2.24) is 4.98 Å². The Morgan fingerprint density at radius 3 is 1.86 bits per heavy atom. The van der Waals surface area contributed by atoms with E-state index < -0.39 is 23.9 Å². The van der Waals surface area contributed by atoms with E-state index in [4.69, 9.17) is 28.4 Å². The topological polar surface area (TPSA) is 161 Å². The van der Waals surface area contributed by atoms with Crippen molar-refractivity contribution in [2.45, 2.75) is 6.92 Å². The van der Waals surface area contributed by atoms with Gasteiger partial charge in [-0.3, -0.25) is 5.43 Å². The molecule has 1 aromatic heterocycles. The summed E-state index contributed by atoms with van der Waals surface area (Å²) < 4.78 is 32.6. The fraction of sp³-hybridized carbons (Fsp3) is 0.0811. The van der Waals surface area contributed by atoms with Crippen LogP contribution in [0.25, 0.3) is 10.2 Å². The average Bonchev–Trinajstić information content (AvgIpc) is 3.58. The second-order valence-electron chi connectivity index (χ2n) is 10.1. The highest BCUT2D eigenvalue weighted by Crippen LogP contribution is 2.29. The molecule has 0 saturated heterocycles. The van der Waals surface area contributed by atoms with Crippen molar-refractivity contribution in [2.24, 2.45) is 5.10 Å². The lowest BCUT2D eigenvalue weighted by Crippen LogP contribution is -2.13. The number of esters is 4. The van der Waals surface area contributed by atoms with Crippen LogP contribution < -0.4 is 24.4 Å².